The molecule has 198 valence electrons. The molecule has 0 bridgehead atoms. The normalized spacial score (nSPS) is 16.8. The average molecular weight is 510 g/mol. The summed E-state index contributed by atoms with van der Waals surface area (Å²) in [6.45, 7) is 8.34. The second-order valence-corrected chi connectivity index (χ2v) is 10.2. The first-order valence-electron chi connectivity index (χ1n) is 12.4. The molecular formula is C27H35N5O5. The molecule has 0 aliphatic carbocycles. The fourth-order valence-corrected chi connectivity index (χ4v) is 4.45. The van der Waals surface area contributed by atoms with Crippen LogP contribution >= 0.6 is 0 Å². The van der Waals surface area contributed by atoms with Crippen LogP contribution in [0.25, 0.3) is 0 Å². The molecule has 4 rings (SSSR count). The van der Waals surface area contributed by atoms with E-state index in [0.29, 0.717) is 49.8 Å². The second-order valence-electron chi connectivity index (χ2n) is 10.2. The zero-order valence-electron chi connectivity index (χ0n) is 21.9. The number of imide groups is 1. The maximum absolute atomic E-state index is 13.3. The lowest BCUT2D eigenvalue weighted by Crippen LogP contribution is -2.52. The van der Waals surface area contributed by atoms with E-state index in [9.17, 15) is 14.4 Å². The van der Waals surface area contributed by atoms with E-state index in [4.69, 9.17) is 15.2 Å². The third-order valence-electron chi connectivity index (χ3n) is 6.41. The number of carbonyl (C=O) groups is 3. The van der Waals surface area contributed by atoms with Gasteiger partial charge in [-0.3, -0.25) is 14.6 Å². The maximum atomic E-state index is 13.3. The molecule has 2 N–H and O–H groups in total. The highest BCUT2D eigenvalue weighted by Crippen LogP contribution is 2.31. The van der Waals surface area contributed by atoms with E-state index < -0.39 is 5.60 Å². The highest BCUT2D eigenvalue weighted by molar-refractivity contribution is 6.06. The Hall–Kier alpha value is -3.95. The topological polar surface area (TPSA) is 109 Å². The fourth-order valence-electron chi connectivity index (χ4n) is 4.45. The molecule has 2 aliphatic rings. The number of carbonyl (C=O) groups excluding carboxylic acids is 3. The van der Waals surface area contributed by atoms with Crippen LogP contribution in [0.5, 0.6) is 5.75 Å². The summed E-state index contributed by atoms with van der Waals surface area (Å²) in [7, 11) is 1.59. The van der Waals surface area contributed by atoms with Crippen LogP contribution in [0.1, 0.15) is 32.8 Å². The zero-order valence-corrected chi connectivity index (χ0v) is 21.9. The second kappa shape index (κ2) is 10.6. The fraction of sp³-hybridized carbons (Fsp3) is 0.444. The average Bonchev–Trinajstić information content (AvgIpc) is 2.86. The van der Waals surface area contributed by atoms with Gasteiger partial charge in [0.2, 0.25) is 5.91 Å². The third kappa shape index (κ3) is 6.07. The number of ether oxygens (including phenoxy) is 2. The van der Waals surface area contributed by atoms with Crippen molar-refractivity contribution in [2.75, 3.05) is 55.4 Å². The number of nitrogens with two attached hydrogens (primary N) is 1. The number of urea groups is 1. The van der Waals surface area contributed by atoms with E-state index in [2.05, 4.69) is 4.90 Å². The van der Waals surface area contributed by atoms with Gasteiger partial charge in [-0.25, -0.2) is 9.59 Å². The highest BCUT2D eigenvalue weighted by atomic mass is 16.6. The standard InChI is InChI=1S/C27H35N5O5/c1-27(2,3)37-26(35)30-15-13-29(14-16-30)23-10-7-20(17-22(23)28)31-12-11-24(33)32(25(31)34)18-19-5-8-21(36-4)9-6-19/h5-10,17H,11-16,18,28H2,1-4H3. The lowest BCUT2D eigenvalue weighted by Gasteiger charge is -2.38. The molecular weight excluding hydrogens is 474 g/mol. The molecule has 0 saturated carbocycles. The van der Waals surface area contributed by atoms with Crippen LogP contribution in [0.4, 0.5) is 26.7 Å². The summed E-state index contributed by atoms with van der Waals surface area (Å²) in [5.74, 6) is 0.507. The number of amides is 4. The summed E-state index contributed by atoms with van der Waals surface area (Å²) in [6.07, 6.45) is -0.0799. The molecule has 0 aromatic heterocycles. The number of nitrogens with zero attached hydrogens (tertiary/aromatic N) is 4. The Morgan fingerprint density at radius 2 is 1.65 bits per heavy atom. The van der Waals surface area contributed by atoms with Gasteiger partial charge in [0.25, 0.3) is 0 Å². The monoisotopic (exact) mass is 509 g/mol. The van der Waals surface area contributed by atoms with Gasteiger partial charge in [-0.15, -0.1) is 0 Å². The Morgan fingerprint density at radius 1 is 0.973 bits per heavy atom. The molecule has 0 radical (unpaired) electrons. The molecule has 37 heavy (non-hydrogen) atoms. The van der Waals surface area contributed by atoms with Crippen LogP contribution in [0.2, 0.25) is 0 Å². The first-order valence-corrected chi connectivity index (χ1v) is 12.4. The van der Waals surface area contributed by atoms with E-state index >= 15 is 0 Å². The van der Waals surface area contributed by atoms with Gasteiger partial charge in [-0.2, -0.15) is 0 Å². The summed E-state index contributed by atoms with van der Waals surface area (Å²) in [5, 5.41) is 0. The third-order valence-corrected chi connectivity index (χ3v) is 6.41. The minimum Gasteiger partial charge on any atom is -0.497 e. The lowest BCUT2D eigenvalue weighted by molar-refractivity contribution is -0.129. The number of rotatable bonds is 5. The van der Waals surface area contributed by atoms with Gasteiger partial charge in [0.15, 0.2) is 0 Å². The Balaban J connectivity index is 1.42. The van der Waals surface area contributed by atoms with E-state index in [1.54, 1.807) is 35.1 Å². The van der Waals surface area contributed by atoms with Crippen molar-refractivity contribution in [3.05, 3.63) is 48.0 Å². The van der Waals surface area contributed by atoms with Crippen molar-refractivity contribution in [1.29, 1.82) is 0 Å². The van der Waals surface area contributed by atoms with Crippen molar-refractivity contribution in [1.82, 2.24) is 9.80 Å². The number of methoxy groups -OCH3 is 1. The lowest BCUT2D eigenvalue weighted by atomic mass is 10.1. The molecule has 0 spiro atoms. The van der Waals surface area contributed by atoms with Crippen molar-refractivity contribution < 1.29 is 23.9 Å². The van der Waals surface area contributed by atoms with Gasteiger partial charge in [0.1, 0.15) is 11.4 Å². The number of nitrogen functional groups attached to an aromatic ring is 1. The van der Waals surface area contributed by atoms with E-state index in [1.807, 2.05) is 45.0 Å². The molecule has 2 aromatic rings. The molecule has 2 aliphatic heterocycles. The van der Waals surface area contributed by atoms with Crippen molar-refractivity contribution in [3.8, 4) is 5.75 Å². The minimum absolute atomic E-state index is 0.188. The Labute approximate surface area is 217 Å². The van der Waals surface area contributed by atoms with E-state index in [0.717, 1.165) is 11.3 Å². The van der Waals surface area contributed by atoms with Gasteiger partial charge in [-0.1, -0.05) is 12.1 Å². The van der Waals surface area contributed by atoms with Gasteiger partial charge in [0.05, 0.1) is 25.0 Å². The van der Waals surface area contributed by atoms with Crippen LogP contribution in [0.15, 0.2) is 42.5 Å². The minimum atomic E-state index is -0.533. The van der Waals surface area contributed by atoms with Crippen LogP contribution in [-0.4, -0.2) is 73.3 Å². The van der Waals surface area contributed by atoms with Gasteiger partial charge in [0, 0.05) is 44.8 Å². The quantitative estimate of drug-likeness (QED) is 0.612. The predicted molar refractivity (Wildman–Crippen MR) is 142 cm³/mol. The number of hydrogen-bond acceptors (Lipinski definition) is 7. The Morgan fingerprint density at radius 3 is 2.24 bits per heavy atom. The SMILES string of the molecule is COc1ccc(CN2C(=O)CCN(c3ccc(N4CCN(C(=O)OC(C)(C)C)CC4)c(N)c3)C2=O)cc1. The zero-order chi connectivity index (χ0) is 26.7. The van der Waals surface area contributed by atoms with Crippen molar-refractivity contribution in [2.45, 2.75) is 39.3 Å². The molecule has 10 heteroatoms. The van der Waals surface area contributed by atoms with Crippen LogP contribution in [-0.2, 0) is 16.1 Å². The smallest absolute Gasteiger partial charge is 0.410 e. The molecule has 10 nitrogen and oxygen atoms in total. The molecule has 2 saturated heterocycles. The largest absolute Gasteiger partial charge is 0.497 e. The van der Waals surface area contributed by atoms with Crippen molar-refractivity contribution in [3.63, 3.8) is 0 Å². The van der Waals surface area contributed by atoms with Crippen LogP contribution < -0.4 is 20.3 Å². The van der Waals surface area contributed by atoms with Crippen molar-refractivity contribution in [2.24, 2.45) is 0 Å². The predicted octanol–water partition coefficient (Wildman–Crippen LogP) is 3.69. The summed E-state index contributed by atoms with van der Waals surface area (Å²) >= 11 is 0. The Kier molecular flexibility index (Phi) is 7.47. The first-order chi connectivity index (χ1) is 17.6. The number of piperazine rings is 1. The van der Waals surface area contributed by atoms with E-state index in [1.165, 1.54) is 4.90 Å². The molecule has 0 unspecified atom stereocenters. The molecule has 2 fully saturated rings. The van der Waals surface area contributed by atoms with Gasteiger partial charge < -0.3 is 25.0 Å². The summed E-state index contributed by atoms with van der Waals surface area (Å²) in [4.78, 5) is 44.9. The summed E-state index contributed by atoms with van der Waals surface area (Å²) in [5.41, 5.74) is 8.75. The molecule has 0 atom stereocenters. The Bertz CT molecular complexity index is 1150. The van der Waals surface area contributed by atoms with Crippen LogP contribution in [0.3, 0.4) is 0 Å². The van der Waals surface area contributed by atoms with Gasteiger partial charge in [-0.05, 0) is 56.7 Å². The number of anilines is 3. The number of hydrogen-bond donors (Lipinski definition) is 1. The van der Waals surface area contributed by atoms with Crippen LogP contribution in [0, 0.1) is 0 Å². The molecule has 2 heterocycles. The highest BCUT2D eigenvalue weighted by Gasteiger charge is 2.33. The van der Waals surface area contributed by atoms with Gasteiger partial charge >= 0.3 is 12.1 Å². The van der Waals surface area contributed by atoms with E-state index in [-0.39, 0.29) is 31.0 Å². The van der Waals surface area contributed by atoms with Crippen molar-refractivity contribution >= 4 is 35.1 Å². The number of benzene rings is 2. The molecule has 4 amide bonds. The maximum Gasteiger partial charge on any atom is 0.410 e. The molecule has 2 aromatic carbocycles. The summed E-state index contributed by atoms with van der Waals surface area (Å²) < 4.78 is 10.7. The summed E-state index contributed by atoms with van der Waals surface area (Å²) in [6, 6.07) is 12.4. The first kappa shape index (κ1) is 26.1.